The molecule has 2 aliphatic rings. The van der Waals surface area contributed by atoms with Crippen molar-refractivity contribution in [2.45, 2.75) is 44.3 Å². The van der Waals surface area contributed by atoms with Gasteiger partial charge in [-0.1, -0.05) is 6.07 Å². The van der Waals surface area contributed by atoms with Gasteiger partial charge in [-0.05, 0) is 37.0 Å². The number of carbonyl (C=O) groups is 1. The highest BCUT2D eigenvalue weighted by Crippen LogP contribution is 2.50. The predicted molar refractivity (Wildman–Crippen MR) is 99.6 cm³/mol. The number of benzene rings is 1. The third-order valence-electron chi connectivity index (χ3n) is 5.84. The van der Waals surface area contributed by atoms with E-state index in [0.717, 1.165) is 12.1 Å². The second-order valence-electron chi connectivity index (χ2n) is 7.26. The molecule has 1 aliphatic heterocycles. The smallest absolute Gasteiger partial charge is 0.222 e. The Hall–Kier alpha value is -1.28. The van der Waals surface area contributed by atoms with Gasteiger partial charge in [0.2, 0.25) is 5.91 Å². The Morgan fingerprint density at radius 1 is 1.30 bits per heavy atom. The number of nitrogens with zero attached hydrogens (tertiary/aromatic N) is 1. The van der Waals surface area contributed by atoms with Crippen molar-refractivity contribution in [1.82, 2.24) is 4.90 Å². The van der Waals surface area contributed by atoms with E-state index >= 15 is 0 Å². The number of likely N-dealkylation sites (tertiary alicyclic amines) is 1. The highest BCUT2D eigenvalue weighted by atomic mass is 35.5. The standard InChI is InChI=1S/C19H26F2N2O3.ClH/c20-14-3-1-13(11-15(14)21)2-4-18(25)23-8-5-19(6-9-23)16(24)12-17(19)26-10-7-22;/h1,3,11,16-17,24H,2,4-10,12,22H2;1H/t16-,17+;/m1./s1. The molecule has 8 heteroatoms. The summed E-state index contributed by atoms with van der Waals surface area (Å²) in [5.41, 5.74) is 5.83. The number of amides is 1. The van der Waals surface area contributed by atoms with Crippen molar-refractivity contribution in [3.8, 4) is 0 Å². The van der Waals surface area contributed by atoms with E-state index in [1.54, 1.807) is 4.90 Å². The van der Waals surface area contributed by atoms with Gasteiger partial charge < -0.3 is 20.5 Å². The van der Waals surface area contributed by atoms with Gasteiger partial charge in [0, 0.05) is 37.9 Å². The summed E-state index contributed by atoms with van der Waals surface area (Å²) in [5, 5.41) is 10.2. The molecule has 0 radical (unpaired) electrons. The van der Waals surface area contributed by atoms with Crippen LogP contribution in [0.3, 0.4) is 0 Å². The van der Waals surface area contributed by atoms with Crippen LogP contribution in [-0.4, -0.2) is 54.4 Å². The summed E-state index contributed by atoms with van der Waals surface area (Å²) < 4.78 is 31.9. The summed E-state index contributed by atoms with van der Waals surface area (Å²) in [7, 11) is 0. The average molecular weight is 405 g/mol. The molecule has 1 spiro atoms. The molecule has 27 heavy (non-hydrogen) atoms. The number of piperidine rings is 1. The number of aliphatic hydroxyl groups excluding tert-OH is 1. The zero-order valence-corrected chi connectivity index (χ0v) is 16.0. The number of halogens is 3. The van der Waals surface area contributed by atoms with Crippen LogP contribution in [0.1, 0.15) is 31.2 Å². The van der Waals surface area contributed by atoms with Crippen molar-refractivity contribution in [1.29, 1.82) is 0 Å². The molecular formula is C19H27ClF2N2O3. The summed E-state index contributed by atoms with van der Waals surface area (Å²) in [6, 6.07) is 3.72. The van der Waals surface area contributed by atoms with Gasteiger partial charge in [-0.25, -0.2) is 8.78 Å². The minimum Gasteiger partial charge on any atom is -0.392 e. The highest BCUT2D eigenvalue weighted by Gasteiger charge is 2.56. The molecule has 1 saturated heterocycles. The van der Waals surface area contributed by atoms with Crippen LogP contribution in [0.4, 0.5) is 8.78 Å². The number of rotatable bonds is 6. The van der Waals surface area contributed by atoms with Crippen LogP contribution in [0.15, 0.2) is 18.2 Å². The lowest BCUT2D eigenvalue weighted by molar-refractivity contribution is -0.210. The van der Waals surface area contributed by atoms with Gasteiger partial charge in [0.25, 0.3) is 0 Å². The maximum atomic E-state index is 13.2. The van der Waals surface area contributed by atoms with E-state index in [2.05, 4.69) is 0 Å². The lowest BCUT2D eigenvalue weighted by atomic mass is 9.58. The molecule has 1 heterocycles. The van der Waals surface area contributed by atoms with E-state index in [4.69, 9.17) is 10.5 Å². The number of nitrogens with two attached hydrogens (primary N) is 1. The second kappa shape index (κ2) is 9.28. The molecule has 1 aliphatic carbocycles. The third kappa shape index (κ3) is 4.59. The lowest BCUT2D eigenvalue weighted by Crippen LogP contribution is -2.62. The first-order chi connectivity index (χ1) is 12.5. The lowest BCUT2D eigenvalue weighted by Gasteiger charge is -2.56. The molecule has 1 aromatic rings. The molecule has 0 aromatic heterocycles. The van der Waals surface area contributed by atoms with Crippen LogP contribution in [-0.2, 0) is 16.0 Å². The number of aliphatic hydroxyl groups is 1. The first-order valence-electron chi connectivity index (χ1n) is 9.18. The van der Waals surface area contributed by atoms with Crippen molar-refractivity contribution in [2.24, 2.45) is 11.1 Å². The molecule has 1 amide bonds. The summed E-state index contributed by atoms with van der Waals surface area (Å²) in [6.07, 6.45) is 2.31. The van der Waals surface area contributed by atoms with Gasteiger partial charge >= 0.3 is 0 Å². The number of carbonyl (C=O) groups excluding carboxylic acids is 1. The first kappa shape index (κ1) is 22.0. The van der Waals surface area contributed by atoms with Crippen molar-refractivity contribution in [2.75, 3.05) is 26.2 Å². The Morgan fingerprint density at radius 3 is 2.59 bits per heavy atom. The fourth-order valence-electron chi connectivity index (χ4n) is 4.10. The predicted octanol–water partition coefficient (Wildman–Crippen LogP) is 2.04. The maximum absolute atomic E-state index is 13.2. The highest BCUT2D eigenvalue weighted by molar-refractivity contribution is 5.85. The van der Waals surface area contributed by atoms with Crippen molar-refractivity contribution < 1.29 is 23.4 Å². The van der Waals surface area contributed by atoms with Crippen LogP contribution >= 0.6 is 12.4 Å². The van der Waals surface area contributed by atoms with E-state index in [-0.39, 0.29) is 42.4 Å². The topological polar surface area (TPSA) is 75.8 Å². The first-order valence-corrected chi connectivity index (χ1v) is 9.18. The molecular weight excluding hydrogens is 378 g/mol. The molecule has 1 aromatic carbocycles. The SMILES string of the molecule is Cl.NCCO[C@H]1C[C@@H](O)C12CCN(C(=O)CCc1ccc(F)c(F)c1)CC2. The second-order valence-corrected chi connectivity index (χ2v) is 7.26. The number of aryl methyl sites for hydroxylation is 1. The Labute approximate surface area is 164 Å². The zero-order valence-electron chi connectivity index (χ0n) is 15.2. The molecule has 0 bridgehead atoms. The molecule has 5 nitrogen and oxygen atoms in total. The number of hydrogen-bond donors (Lipinski definition) is 2. The van der Waals surface area contributed by atoms with E-state index in [0.29, 0.717) is 57.5 Å². The van der Waals surface area contributed by atoms with Gasteiger partial charge in [0.05, 0.1) is 18.8 Å². The largest absolute Gasteiger partial charge is 0.392 e. The minimum absolute atomic E-state index is 0. The van der Waals surface area contributed by atoms with Crippen molar-refractivity contribution in [3.63, 3.8) is 0 Å². The van der Waals surface area contributed by atoms with E-state index in [9.17, 15) is 18.7 Å². The maximum Gasteiger partial charge on any atom is 0.222 e. The van der Waals surface area contributed by atoms with Crippen LogP contribution < -0.4 is 5.73 Å². The summed E-state index contributed by atoms with van der Waals surface area (Å²) in [4.78, 5) is 14.2. The Balaban J connectivity index is 0.00000261. The van der Waals surface area contributed by atoms with Crippen LogP contribution in [0, 0.1) is 17.0 Å². The zero-order chi connectivity index (χ0) is 18.7. The van der Waals surface area contributed by atoms with E-state index < -0.39 is 11.6 Å². The number of hydrogen-bond acceptors (Lipinski definition) is 4. The van der Waals surface area contributed by atoms with Crippen LogP contribution in [0.25, 0.3) is 0 Å². The van der Waals surface area contributed by atoms with Crippen LogP contribution in [0.5, 0.6) is 0 Å². The number of ether oxygens (including phenoxy) is 1. The molecule has 3 N–H and O–H groups in total. The Bertz CT molecular complexity index is 654. The minimum atomic E-state index is -0.891. The monoisotopic (exact) mass is 404 g/mol. The molecule has 2 atom stereocenters. The van der Waals surface area contributed by atoms with Crippen LogP contribution in [0.2, 0.25) is 0 Å². The van der Waals surface area contributed by atoms with Crippen molar-refractivity contribution >= 4 is 18.3 Å². The van der Waals surface area contributed by atoms with Gasteiger partial charge in [-0.15, -0.1) is 12.4 Å². The fourth-order valence-corrected chi connectivity index (χ4v) is 4.10. The molecule has 3 rings (SSSR count). The summed E-state index contributed by atoms with van der Waals surface area (Å²) >= 11 is 0. The third-order valence-corrected chi connectivity index (χ3v) is 5.84. The van der Waals surface area contributed by atoms with Gasteiger partial charge in [-0.3, -0.25) is 4.79 Å². The normalized spacial score (nSPS) is 23.6. The summed E-state index contributed by atoms with van der Waals surface area (Å²) in [6.45, 7) is 2.10. The van der Waals surface area contributed by atoms with Gasteiger partial charge in [0.15, 0.2) is 11.6 Å². The molecule has 152 valence electrons. The Morgan fingerprint density at radius 2 is 2.00 bits per heavy atom. The quantitative estimate of drug-likeness (QED) is 0.760. The fraction of sp³-hybridized carbons (Fsp3) is 0.632. The molecule has 2 fully saturated rings. The average Bonchev–Trinajstić information content (AvgIpc) is 2.65. The van der Waals surface area contributed by atoms with E-state index in [1.165, 1.54) is 6.07 Å². The van der Waals surface area contributed by atoms with E-state index in [1.807, 2.05) is 0 Å². The summed E-state index contributed by atoms with van der Waals surface area (Å²) in [5.74, 6) is -1.78. The van der Waals surface area contributed by atoms with Gasteiger partial charge in [-0.2, -0.15) is 0 Å². The van der Waals surface area contributed by atoms with Crippen molar-refractivity contribution in [3.05, 3.63) is 35.4 Å². The van der Waals surface area contributed by atoms with Gasteiger partial charge in [0.1, 0.15) is 0 Å². The molecule has 1 saturated carbocycles. The Kier molecular flexibility index (Phi) is 7.56. The molecule has 0 unspecified atom stereocenters.